The number of thiocarbonyl (C=S) groups is 1. The maximum Gasteiger partial charge on any atom is 0.233 e. The molecular formula is C16H29N3OS. The zero-order chi connectivity index (χ0) is 15.3. The van der Waals surface area contributed by atoms with Gasteiger partial charge in [0.25, 0.3) is 0 Å². The summed E-state index contributed by atoms with van der Waals surface area (Å²) in [6.07, 6.45) is 8.70. The molecule has 1 heterocycles. The fraction of sp³-hybridized carbons (Fsp3) is 0.875. The van der Waals surface area contributed by atoms with E-state index in [4.69, 9.17) is 18.0 Å². The Morgan fingerprint density at radius 2 is 2.05 bits per heavy atom. The summed E-state index contributed by atoms with van der Waals surface area (Å²) < 4.78 is 0. The molecule has 1 atom stereocenters. The second kappa shape index (κ2) is 7.54. The van der Waals surface area contributed by atoms with Crippen LogP contribution < -0.4 is 11.1 Å². The molecule has 2 rings (SSSR count). The highest BCUT2D eigenvalue weighted by molar-refractivity contribution is 7.80. The van der Waals surface area contributed by atoms with Crippen LogP contribution >= 0.6 is 12.2 Å². The number of nitrogens with two attached hydrogens (primary N) is 1. The summed E-state index contributed by atoms with van der Waals surface area (Å²) in [5, 5.41) is 3.07. The molecule has 1 aliphatic carbocycles. The number of likely N-dealkylation sites (tertiary alicyclic amines) is 1. The number of piperidine rings is 1. The minimum atomic E-state index is -0.562. The molecule has 0 spiro atoms. The molecule has 21 heavy (non-hydrogen) atoms. The monoisotopic (exact) mass is 311 g/mol. The fourth-order valence-electron chi connectivity index (χ4n) is 3.71. The molecule has 0 aromatic rings. The van der Waals surface area contributed by atoms with Gasteiger partial charge in [-0.25, -0.2) is 0 Å². The van der Waals surface area contributed by atoms with Crippen LogP contribution in [0.1, 0.15) is 58.3 Å². The first kappa shape index (κ1) is 16.7. The van der Waals surface area contributed by atoms with Crippen molar-refractivity contribution in [3.8, 4) is 0 Å². The van der Waals surface area contributed by atoms with Gasteiger partial charge in [0.05, 0.1) is 10.4 Å². The minimum absolute atomic E-state index is 0.0548. The summed E-state index contributed by atoms with van der Waals surface area (Å²) in [6, 6.07) is 0.687. The van der Waals surface area contributed by atoms with Crippen molar-refractivity contribution >= 4 is 23.1 Å². The normalized spacial score (nSPS) is 25.7. The van der Waals surface area contributed by atoms with Gasteiger partial charge in [-0.1, -0.05) is 31.5 Å². The topological polar surface area (TPSA) is 58.4 Å². The van der Waals surface area contributed by atoms with Gasteiger partial charge in [0.2, 0.25) is 5.91 Å². The molecule has 1 amide bonds. The Hall–Kier alpha value is -0.680. The Kier molecular flexibility index (Phi) is 5.99. The lowest BCUT2D eigenvalue weighted by molar-refractivity contribution is -0.127. The summed E-state index contributed by atoms with van der Waals surface area (Å²) in [6.45, 7) is 5.30. The van der Waals surface area contributed by atoms with E-state index < -0.39 is 5.41 Å². The van der Waals surface area contributed by atoms with Crippen LogP contribution in [0.25, 0.3) is 0 Å². The molecule has 0 aromatic carbocycles. The Labute approximate surface area is 133 Å². The van der Waals surface area contributed by atoms with Gasteiger partial charge < -0.3 is 16.0 Å². The van der Waals surface area contributed by atoms with E-state index in [1.807, 2.05) is 0 Å². The van der Waals surface area contributed by atoms with E-state index in [0.29, 0.717) is 11.0 Å². The highest BCUT2D eigenvalue weighted by atomic mass is 32.1. The predicted molar refractivity (Wildman–Crippen MR) is 90.2 cm³/mol. The Bertz CT molecular complexity index is 380. The third-order valence-electron chi connectivity index (χ3n) is 5.21. The van der Waals surface area contributed by atoms with Gasteiger partial charge in [-0.2, -0.15) is 0 Å². The van der Waals surface area contributed by atoms with E-state index in [1.165, 1.54) is 25.8 Å². The molecule has 1 saturated heterocycles. The molecule has 1 saturated carbocycles. The molecule has 4 nitrogen and oxygen atoms in total. The van der Waals surface area contributed by atoms with Crippen LogP contribution in [0.3, 0.4) is 0 Å². The molecular weight excluding hydrogens is 282 g/mol. The van der Waals surface area contributed by atoms with Gasteiger partial charge in [-0.05, 0) is 45.6 Å². The largest absolute Gasteiger partial charge is 0.392 e. The second-order valence-electron chi connectivity index (χ2n) is 6.64. The van der Waals surface area contributed by atoms with Crippen LogP contribution in [0, 0.1) is 5.41 Å². The van der Waals surface area contributed by atoms with Gasteiger partial charge in [-0.15, -0.1) is 0 Å². The van der Waals surface area contributed by atoms with Gasteiger partial charge in [0.1, 0.15) is 0 Å². The quantitative estimate of drug-likeness (QED) is 0.583. The van der Waals surface area contributed by atoms with Crippen LogP contribution in [-0.4, -0.2) is 41.5 Å². The zero-order valence-corrected chi connectivity index (χ0v) is 14.0. The van der Waals surface area contributed by atoms with E-state index >= 15 is 0 Å². The van der Waals surface area contributed by atoms with Crippen molar-refractivity contribution in [3.63, 3.8) is 0 Å². The van der Waals surface area contributed by atoms with Crippen LogP contribution in [0.15, 0.2) is 0 Å². The lowest BCUT2D eigenvalue weighted by atomic mass is 9.85. The minimum Gasteiger partial charge on any atom is -0.392 e. The number of rotatable bonds is 6. The van der Waals surface area contributed by atoms with Crippen molar-refractivity contribution in [2.75, 3.05) is 19.6 Å². The molecule has 0 radical (unpaired) electrons. The Morgan fingerprint density at radius 1 is 1.33 bits per heavy atom. The molecule has 3 N–H and O–H groups in total. The Morgan fingerprint density at radius 3 is 2.67 bits per heavy atom. The lowest BCUT2D eigenvalue weighted by Gasteiger charge is -2.33. The van der Waals surface area contributed by atoms with E-state index in [1.54, 1.807) is 0 Å². The summed E-state index contributed by atoms with van der Waals surface area (Å²) in [5.41, 5.74) is 5.27. The van der Waals surface area contributed by atoms with Crippen molar-refractivity contribution in [1.82, 2.24) is 10.2 Å². The van der Waals surface area contributed by atoms with Crippen molar-refractivity contribution in [3.05, 3.63) is 0 Å². The lowest BCUT2D eigenvalue weighted by Crippen LogP contribution is -2.48. The maximum atomic E-state index is 12.4. The Balaban J connectivity index is 1.72. The van der Waals surface area contributed by atoms with Crippen LogP contribution in [0.5, 0.6) is 0 Å². The van der Waals surface area contributed by atoms with Crippen LogP contribution in [-0.2, 0) is 4.79 Å². The van der Waals surface area contributed by atoms with Gasteiger partial charge in [-0.3, -0.25) is 4.79 Å². The molecule has 0 bridgehead atoms. The summed E-state index contributed by atoms with van der Waals surface area (Å²) in [4.78, 5) is 15.3. The number of nitrogens with zero attached hydrogens (tertiary/aromatic N) is 1. The fourth-order valence-corrected chi connectivity index (χ4v) is 4.00. The third kappa shape index (κ3) is 3.95. The molecule has 5 heteroatoms. The molecule has 1 unspecified atom stereocenters. The van der Waals surface area contributed by atoms with Crippen molar-refractivity contribution < 1.29 is 4.79 Å². The molecule has 0 aromatic heterocycles. The number of hydrogen-bond donors (Lipinski definition) is 2. The molecule has 1 aliphatic heterocycles. The maximum absolute atomic E-state index is 12.4. The average molecular weight is 311 g/mol. The predicted octanol–water partition coefficient (Wildman–Crippen LogP) is 2.21. The van der Waals surface area contributed by atoms with Crippen molar-refractivity contribution in [1.29, 1.82) is 0 Å². The summed E-state index contributed by atoms with van der Waals surface area (Å²) in [7, 11) is 0. The summed E-state index contributed by atoms with van der Waals surface area (Å²) in [5.74, 6) is 0.0548. The smallest absolute Gasteiger partial charge is 0.233 e. The van der Waals surface area contributed by atoms with Gasteiger partial charge >= 0.3 is 0 Å². The van der Waals surface area contributed by atoms with Crippen molar-refractivity contribution in [2.24, 2.45) is 11.1 Å². The number of nitrogens with one attached hydrogen (secondary N) is 1. The number of amides is 1. The van der Waals surface area contributed by atoms with Gasteiger partial charge in [0.15, 0.2) is 0 Å². The SMILES string of the molecule is CC1CCCCN1CCCNC(=O)C1(C(N)=S)CCCC1. The molecule has 2 aliphatic rings. The highest BCUT2D eigenvalue weighted by Gasteiger charge is 2.43. The van der Waals surface area contributed by atoms with E-state index in [9.17, 15) is 4.79 Å². The van der Waals surface area contributed by atoms with E-state index in [0.717, 1.165) is 45.2 Å². The molecule has 120 valence electrons. The number of carbonyl (C=O) groups is 1. The van der Waals surface area contributed by atoms with Crippen molar-refractivity contribution in [2.45, 2.75) is 64.3 Å². The van der Waals surface area contributed by atoms with Gasteiger partial charge in [0, 0.05) is 19.1 Å². The first-order valence-electron chi connectivity index (χ1n) is 8.38. The second-order valence-corrected chi connectivity index (χ2v) is 7.08. The van der Waals surface area contributed by atoms with E-state index in [2.05, 4.69) is 17.1 Å². The first-order valence-corrected chi connectivity index (χ1v) is 8.79. The van der Waals surface area contributed by atoms with Crippen LogP contribution in [0.2, 0.25) is 0 Å². The van der Waals surface area contributed by atoms with E-state index in [-0.39, 0.29) is 5.91 Å². The highest BCUT2D eigenvalue weighted by Crippen LogP contribution is 2.38. The van der Waals surface area contributed by atoms with Crippen LogP contribution in [0.4, 0.5) is 0 Å². The molecule has 2 fully saturated rings. The average Bonchev–Trinajstić information content (AvgIpc) is 2.96. The zero-order valence-electron chi connectivity index (χ0n) is 13.2. The third-order valence-corrected chi connectivity index (χ3v) is 5.60. The number of carbonyl (C=O) groups excluding carboxylic acids is 1. The summed E-state index contributed by atoms with van der Waals surface area (Å²) >= 11 is 5.15. The first-order chi connectivity index (χ1) is 10.1. The number of hydrogen-bond acceptors (Lipinski definition) is 3. The standard InChI is InChI=1S/C16H29N3OS/c1-13-7-2-5-11-19(13)12-6-10-18-15(20)16(14(17)21)8-3-4-9-16/h13H,2-12H2,1H3,(H2,17,21)(H,18,20).